The van der Waals surface area contributed by atoms with Crippen LogP contribution >= 0.6 is 0 Å². The van der Waals surface area contributed by atoms with Gasteiger partial charge in [-0.05, 0) is 31.4 Å². The van der Waals surface area contributed by atoms with Crippen LogP contribution in [0.25, 0.3) is 0 Å². The molecule has 1 atom stereocenters. The highest BCUT2D eigenvalue weighted by Gasteiger charge is 2.20. The third-order valence-electron chi connectivity index (χ3n) is 4.99. The average molecular weight is 377 g/mol. The molecule has 0 unspecified atom stereocenters. The molecule has 0 aliphatic carbocycles. The van der Waals surface area contributed by atoms with Gasteiger partial charge in [0.2, 0.25) is 0 Å². The number of unbranched alkanes of at least 4 members (excludes halogenated alkanes) is 9. The number of aromatic carboxylic acids is 1. The Morgan fingerprint density at radius 3 is 1.89 bits per heavy atom. The lowest BCUT2D eigenvalue weighted by molar-refractivity contribution is 0.0262. The molecule has 0 heterocycles. The van der Waals surface area contributed by atoms with Crippen molar-refractivity contribution >= 4 is 11.9 Å². The molecule has 27 heavy (non-hydrogen) atoms. The Morgan fingerprint density at radius 2 is 1.37 bits per heavy atom. The predicted molar refractivity (Wildman–Crippen MR) is 109 cm³/mol. The highest BCUT2D eigenvalue weighted by atomic mass is 16.5. The first-order valence-electron chi connectivity index (χ1n) is 10.6. The van der Waals surface area contributed by atoms with Gasteiger partial charge in [-0.3, -0.25) is 0 Å². The van der Waals surface area contributed by atoms with Gasteiger partial charge in [-0.15, -0.1) is 0 Å². The zero-order chi connectivity index (χ0) is 19.9. The second kappa shape index (κ2) is 14.2. The first-order chi connectivity index (χ1) is 13.1. The van der Waals surface area contributed by atoms with Crippen molar-refractivity contribution in [2.45, 2.75) is 97.0 Å². The zero-order valence-corrected chi connectivity index (χ0v) is 17.0. The van der Waals surface area contributed by atoms with Crippen LogP contribution in [-0.4, -0.2) is 23.1 Å². The summed E-state index contributed by atoms with van der Waals surface area (Å²) in [5.74, 6) is -1.64. The molecule has 0 aliphatic rings. The molecular formula is C23H36O4. The summed E-state index contributed by atoms with van der Waals surface area (Å²) in [5, 5.41) is 9.20. The second-order valence-electron chi connectivity index (χ2n) is 7.26. The van der Waals surface area contributed by atoms with E-state index in [4.69, 9.17) is 4.74 Å². The highest BCUT2D eigenvalue weighted by molar-refractivity contribution is 6.02. The maximum Gasteiger partial charge on any atom is 0.339 e. The lowest BCUT2D eigenvalue weighted by Crippen LogP contribution is -2.19. The van der Waals surface area contributed by atoms with Gasteiger partial charge < -0.3 is 9.84 Å². The Morgan fingerprint density at radius 1 is 0.852 bits per heavy atom. The van der Waals surface area contributed by atoms with E-state index in [1.165, 1.54) is 63.5 Å². The van der Waals surface area contributed by atoms with Gasteiger partial charge in [0, 0.05) is 0 Å². The minimum Gasteiger partial charge on any atom is -0.478 e. The van der Waals surface area contributed by atoms with Crippen molar-refractivity contribution in [1.82, 2.24) is 0 Å². The maximum atomic E-state index is 12.3. The highest BCUT2D eigenvalue weighted by Crippen LogP contribution is 2.17. The SMILES string of the molecule is CCCCCCCCCCCC[C@@H](CC)OC(=O)c1ccccc1C(=O)O. The lowest BCUT2D eigenvalue weighted by atomic mass is 10.0. The predicted octanol–water partition coefficient (Wildman–Crippen LogP) is 6.63. The van der Waals surface area contributed by atoms with E-state index in [-0.39, 0.29) is 17.2 Å². The van der Waals surface area contributed by atoms with Crippen LogP contribution in [0.2, 0.25) is 0 Å². The molecule has 0 aliphatic heterocycles. The first-order valence-corrected chi connectivity index (χ1v) is 10.6. The van der Waals surface area contributed by atoms with E-state index in [0.29, 0.717) is 0 Å². The minimum absolute atomic E-state index is 0.00344. The van der Waals surface area contributed by atoms with E-state index in [1.807, 2.05) is 6.92 Å². The molecule has 0 aromatic heterocycles. The van der Waals surface area contributed by atoms with Crippen molar-refractivity contribution in [1.29, 1.82) is 0 Å². The maximum absolute atomic E-state index is 12.3. The quantitative estimate of drug-likeness (QED) is 0.275. The normalized spacial score (nSPS) is 11.9. The second-order valence-corrected chi connectivity index (χ2v) is 7.26. The summed E-state index contributed by atoms with van der Waals surface area (Å²) < 4.78 is 5.56. The number of carbonyl (C=O) groups is 2. The van der Waals surface area contributed by atoms with Gasteiger partial charge in [-0.2, -0.15) is 0 Å². The Labute approximate surface area is 164 Å². The molecule has 0 saturated heterocycles. The van der Waals surface area contributed by atoms with Crippen LogP contribution in [0.5, 0.6) is 0 Å². The Balaban J connectivity index is 2.25. The van der Waals surface area contributed by atoms with Crippen molar-refractivity contribution in [2.24, 2.45) is 0 Å². The van der Waals surface area contributed by atoms with Crippen LogP contribution in [0.15, 0.2) is 24.3 Å². The van der Waals surface area contributed by atoms with Crippen LogP contribution < -0.4 is 0 Å². The molecule has 0 amide bonds. The van der Waals surface area contributed by atoms with Gasteiger partial charge in [-0.1, -0.05) is 83.8 Å². The van der Waals surface area contributed by atoms with E-state index in [1.54, 1.807) is 12.1 Å². The van der Waals surface area contributed by atoms with Crippen molar-refractivity contribution in [3.63, 3.8) is 0 Å². The van der Waals surface area contributed by atoms with Crippen LogP contribution in [-0.2, 0) is 4.74 Å². The van der Waals surface area contributed by atoms with E-state index in [2.05, 4.69) is 6.92 Å². The third-order valence-corrected chi connectivity index (χ3v) is 4.99. The largest absolute Gasteiger partial charge is 0.478 e. The molecule has 1 aromatic carbocycles. The van der Waals surface area contributed by atoms with Crippen LogP contribution in [0.1, 0.15) is 112 Å². The average Bonchev–Trinajstić information content (AvgIpc) is 2.68. The molecule has 1 rings (SSSR count). The van der Waals surface area contributed by atoms with Gasteiger partial charge in [0.1, 0.15) is 6.10 Å². The Kier molecular flexibility index (Phi) is 12.2. The summed E-state index contributed by atoms with van der Waals surface area (Å²) in [7, 11) is 0. The topological polar surface area (TPSA) is 63.6 Å². The summed E-state index contributed by atoms with van der Waals surface area (Å²) in [4.78, 5) is 23.6. The third kappa shape index (κ3) is 9.60. The number of carboxylic acids is 1. The molecule has 0 saturated carbocycles. The zero-order valence-electron chi connectivity index (χ0n) is 17.0. The number of carboxylic acid groups (broad SMARTS) is 1. The number of ether oxygens (including phenoxy) is 1. The summed E-state index contributed by atoms with van der Waals surface area (Å²) in [5.41, 5.74) is 0.128. The lowest BCUT2D eigenvalue weighted by Gasteiger charge is -2.17. The van der Waals surface area contributed by atoms with Crippen molar-refractivity contribution < 1.29 is 19.4 Å². The molecular weight excluding hydrogens is 340 g/mol. The van der Waals surface area contributed by atoms with Gasteiger partial charge in [0.15, 0.2) is 0 Å². The number of benzene rings is 1. The van der Waals surface area contributed by atoms with Crippen molar-refractivity contribution in [3.05, 3.63) is 35.4 Å². The fraction of sp³-hybridized carbons (Fsp3) is 0.652. The van der Waals surface area contributed by atoms with E-state index < -0.39 is 11.9 Å². The van der Waals surface area contributed by atoms with E-state index in [0.717, 1.165) is 25.7 Å². The summed E-state index contributed by atoms with van der Waals surface area (Å²) in [6.07, 6.45) is 14.2. The summed E-state index contributed by atoms with van der Waals surface area (Å²) in [6, 6.07) is 6.22. The molecule has 0 radical (unpaired) electrons. The molecule has 1 aromatic rings. The van der Waals surface area contributed by atoms with Crippen molar-refractivity contribution in [2.75, 3.05) is 0 Å². The molecule has 0 spiro atoms. The number of hydrogen-bond donors (Lipinski definition) is 1. The van der Waals surface area contributed by atoms with Gasteiger partial charge in [0.05, 0.1) is 11.1 Å². The molecule has 1 N–H and O–H groups in total. The number of carbonyl (C=O) groups excluding carboxylic acids is 1. The molecule has 0 bridgehead atoms. The number of esters is 1. The minimum atomic E-state index is -1.11. The number of rotatable bonds is 15. The van der Waals surface area contributed by atoms with Crippen molar-refractivity contribution in [3.8, 4) is 0 Å². The van der Waals surface area contributed by atoms with Gasteiger partial charge in [-0.25, -0.2) is 9.59 Å². The molecule has 4 heteroatoms. The van der Waals surface area contributed by atoms with Crippen LogP contribution in [0, 0.1) is 0 Å². The van der Waals surface area contributed by atoms with Gasteiger partial charge in [0.25, 0.3) is 0 Å². The van der Waals surface area contributed by atoms with E-state index in [9.17, 15) is 14.7 Å². The number of hydrogen-bond acceptors (Lipinski definition) is 3. The fourth-order valence-corrected chi connectivity index (χ4v) is 3.27. The summed E-state index contributed by atoms with van der Waals surface area (Å²) >= 11 is 0. The monoisotopic (exact) mass is 376 g/mol. The first kappa shape index (κ1) is 23.2. The summed E-state index contributed by atoms with van der Waals surface area (Å²) in [6.45, 7) is 4.24. The van der Waals surface area contributed by atoms with E-state index >= 15 is 0 Å². The molecule has 0 fully saturated rings. The van der Waals surface area contributed by atoms with Gasteiger partial charge >= 0.3 is 11.9 Å². The smallest absolute Gasteiger partial charge is 0.339 e. The van der Waals surface area contributed by atoms with Crippen LogP contribution in [0.3, 0.4) is 0 Å². The van der Waals surface area contributed by atoms with Crippen LogP contribution in [0.4, 0.5) is 0 Å². The standard InChI is InChI=1S/C23H36O4/c1-3-5-6-7-8-9-10-11-12-13-16-19(4-2)27-23(26)21-18-15-14-17-20(21)22(24)25/h14-15,17-19H,3-13,16H2,1-2H3,(H,24,25)/t19-/m1/s1. The fourth-order valence-electron chi connectivity index (χ4n) is 3.27. The Hall–Kier alpha value is -1.84. The molecule has 152 valence electrons. The Bertz CT molecular complexity index is 553. The molecule has 4 nitrogen and oxygen atoms in total.